The number of pyridine rings is 1. The van der Waals surface area contributed by atoms with E-state index < -0.39 is 0 Å². The Morgan fingerprint density at radius 2 is 2.27 bits per heavy atom. The molecule has 0 spiro atoms. The summed E-state index contributed by atoms with van der Waals surface area (Å²) in [5.74, 6) is 0.0281. The Hall–Kier alpha value is -1.18. The standard InChI is InChI=1S/C9H11NO/c1-3-8-5-4-6-9(10-8)7(2)11/h4-6H,3H2,1-2H3. The SMILES string of the molecule is CCc1cccc(C(C)=O)n1. The van der Waals surface area contributed by atoms with Gasteiger partial charge in [0.1, 0.15) is 5.69 Å². The van der Waals surface area contributed by atoms with Crippen molar-refractivity contribution in [2.45, 2.75) is 20.3 Å². The topological polar surface area (TPSA) is 30.0 Å². The molecule has 11 heavy (non-hydrogen) atoms. The third-order valence-corrected chi connectivity index (χ3v) is 1.53. The van der Waals surface area contributed by atoms with Gasteiger partial charge in [-0.05, 0) is 18.6 Å². The van der Waals surface area contributed by atoms with E-state index in [-0.39, 0.29) is 5.78 Å². The van der Waals surface area contributed by atoms with Crippen LogP contribution in [0.2, 0.25) is 0 Å². The summed E-state index contributed by atoms with van der Waals surface area (Å²) >= 11 is 0. The van der Waals surface area contributed by atoms with Crippen LogP contribution in [0.1, 0.15) is 30.0 Å². The van der Waals surface area contributed by atoms with E-state index in [2.05, 4.69) is 4.98 Å². The zero-order valence-electron chi connectivity index (χ0n) is 6.79. The molecule has 0 aliphatic rings. The van der Waals surface area contributed by atoms with Crippen molar-refractivity contribution >= 4 is 5.78 Å². The van der Waals surface area contributed by atoms with Gasteiger partial charge in [-0.25, -0.2) is 4.98 Å². The summed E-state index contributed by atoms with van der Waals surface area (Å²) in [6.45, 7) is 3.55. The Bertz CT molecular complexity index is 268. The lowest BCUT2D eigenvalue weighted by atomic mass is 10.2. The second-order valence-corrected chi connectivity index (χ2v) is 2.42. The van der Waals surface area contributed by atoms with Gasteiger partial charge >= 0.3 is 0 Å². The molecule has 0 unspecified atom stereocenters. The quantitative estimate of drug-likeness (QED) is 0.600. The molecule has 1 heterocycles. The monoisotopic (exact) mass is 149 g/mol. The number of aromatic nitrogens is 1. The first-order chi connectivity index (χ1) is 5.24. The molecule has 1 aromatic rings. The van der Waals surface area contributed by atoms with Gasteiger partial charge in [-0.2, -0.15) is 0 Å². The summed E-state index contributed by atoms with van der Waals surface area (Å²) in [5, 5.41) is 0. The minimum Gasteiger partial charge on any atom is -0.293 e. The molecular formula is C9H11NO. The van der Waals surface area contributed by atoms with Crippen LogP contribution in [0.15, 0.2) is 18.2 Å². The van der Waals surface area contributed by atoms with Gasteiger partial charge in [-0.3, -0.25) is 4.79 Å². The van der Waals surface area contributed by atoms with Crippen molar-refractivity contribution in [1.82, 2.24) is 4.98 Å². The number of hydrogen-bond acceptors (Lipinski definition) is 2. The highest BCUT2D eigenvalue weighted by Crippen LogP contribution is 2.00. The average Bonchev–Trinajstić information content (AvgIpc) is 2.05. The van der Waals surface area contributed by atoms with E-state index in [1.54, 1.807) is 6.07 Å². The smallest absolute Gasteiger partial charge is 0.178 e. The highest BCUT2D eigenvalue weighted by molar-refractivity contribution is 5.92. The van der Waals surface area contributed by atoms with Gasteiger partial charge in [0.15, 0.2) is 5.78 Å². The number of aryl methyl sites for hydroxylation is 1. The van der Waals surface area contributed by atoms with Gasteiger partial charge in [0.2, 0.25) is 0 Å². The number of rotatable bonds is 2. The van der Waals surface area contributed by atoms with Crippen LogP contribution >= 0.6 is 0 Å². The number of ketones is 1. The minimum atomic E-state index is 0.0281. The van der Waals surface area contributed by atoms with Gasteiger partial charge in [0, 0.05) is 12.6 Å². The van der Waals surface area contributed by atoms with Gasteiger partial charge in [-0.15, -0.1) is 0 Å². The first-order valence-electron chi connectivity index (χ1n) is 3.71. The molecule has 0 aliphatic carbocycles. The Kier molecular flexibility index (Phi) is 2.36. The third kappa shape index (κ3) is 1.87. The maximum Gasteiger partial charge on any atom is 0.178 e. The lowest BCUT2D eigenvalue weighted by molar-refractivity contribution is 0.101. The Labute approximate surface area is 66.3 Å². The van der Waals surface area contributed by atoms with Crippen molar-refractivity contribution < 1.29 is 4.79 Å². The van der Waals surface area contributed by atoms with Gasteiger partial charge in [0.05, 0.1) is 0 Å². The number of Topliss-reactive ketones (excluding diaryl/α,β-unsaturated/α-hetero) is 1. The molecule has 0 atom stereocenters. The van der Waals surface area contributed by atoms with E-state index in [1.807, 2.05) is 19.1 Å². The molecule has 2 nitrogen and oxygen atoms in total. The number of nitrogens with zero attached hydrogens (tertiary/aromatic N) is 1. The van der Waals surface area contributed by atoms with Crippen molar-refractivity contribution in [3.8, 4) is 0 Å². The van der Waals surface area contributed by atoms with Crippen LogP contribution in [0, 0.1) is 0 Å². The summed E-state index contributed by atoms with van der Waals surface area (Å²) in [4.78, 5) is 15.0. The van der Waals surface area contributed by atoms with E-state index in [9.17, 15) is 4.79 Å². The molecule has 0 saturated heterocycles. The summed E-state index contributed by atoms with van der Waals surface area (Å²) in [5.41, 5.74) is 1.53. The van der Waals surface area contributed by atoms with Crippen LogP contribution in [-0.2, 0) is 6.42 Å². The lowest BCUT2D eigenvalue weighted by Crippen LogP contribution is -1.98. The van der Waals surface area contributed by atoms with E-state index in [4.69, 9.17) is 0 Å². The molecule has 0 radical (unpaired) electrons. The van der Waals surface area contributed by atoms with Crippen LogP contribution in [-0.4, -0.2) is 10.8 Å². The lowest BCUT2D eigenvalue weighted by Gasteiger charge is -1.97. The fraction of sp³-hybridized carbons (Fsp3) is 0.333. The summed E-state index contributed by atoms with van der Waals surface area (Å²) in [6.07, 6.45) is 0.876. The van der Waals surface area contributed by atoms with Crippen molar-refractivity contribution in [1.29, 1.82) is 0 Å². The molecule has 1 rings (SSSR count). The van der Waals surface area contributed by atoms with Crippen LogP contribution in [0.5, 0.6) is 0 Å². The molecule has 1 aromatic heterocycles. The molecule has 0 fully saturated rings. The van der Waals surface area contributed by atoms with E-state index in [0.29, 0.717) is 5.69 Å². The summed E-state index contributed by atoms with van der Waals surface area (Å²) in [7, 11) is 0. The van der Waals surface area contributed by atoms with E-state index in [1.165, 1.54) is 6.92 Å². The average molecular weight is 149 g/mol. The first kappa shape index (κ1) is 7.92. The predicted octanol–water partition coefficient (Wildman–Crippen LogP) is 1.85. The predicted molar refractivity (Wildman–Crippen MR) is 43.6 cm³/mol. The van der Waals surface area contributed by atoms with E-state index >= 15 is 0 Å². The van der Waals surface area contributed by atoms with Gasteiger partial charge in [-0.1, -0.05) is 13.0 Å². The molecule has 0 aliphatic heterocycles. The Morgan fingerprint density at radius 1 is 1.55 bits per heavy atom. The first-order valence-corrected chi connectivity index (χ1v) is 3.71. The fourth-order valence-electron chi connectivity index (χ4n) is 0.873. The molecule has 0 amide bonds. The van der Waals surface area contributed by atoms with Gasteiger partial charge < -0.3 is 0 Å². The molecule has 0 saturated carbocycles. The van der Waals surface area contributed by atoms with Crippen LogP contribution in [0.4, 0.5) is 0 Å². The second kappa shape index (κ2) is 3.28. The molecule has 0 bridgehead atoms. The van der Waals surface area contributed by atoms with E-state index in [0.717, 1.165) is 12.1 Å². The number of carbonyl (C=O) groups excluding carboxylic acids is 1. The Morgan fingerprint density at radius 3 is 2.82 bits per heavy atom. The highest BCUT2D eigenvalue weighted by atomic mass is 16.1. The highest BCUT2D eigenvalue weighted by Gasteiger charge is 1.99. The normalized spacial score (nSPS) is 9.64. The maximum absolute atomic E-state index is 10.9. The van der Waals surface area contributed by atoms with Crippen molar-refractivity contribution in [2.24, 2.45) is 0 Å². The second-order valence-electron chi connectivity index (χ2n) is 2.42. The Balaban J connectivity index is 3.01. The largest absolute Gasteiger partial charge is 0.293 e. The molecule has 2 heteroatoms. The number of hydrogen-bond donors (Lipinski definition) is 0. The molecule has 0 N–H and O–H groups in total. The maximum atomic E-state index is 10.9. The van der Waals surface area contributed by atoms with Crippen molar-refractivity contribution in [2.75, 3.05) is 0 Å². The molecular weight excluding hydrogens is 138 g/mol. The summed E-state index contributed by atoms with van der Waals surface area (Å²) < 4.78 is 0. The molecule has 58 valence electrons. The minimum absolute atomic E-state index is 0.0281. The van der Waals surface area contributed by atoms with Gasteiger partial charge in [0.25, 0.3) is 0 Å². The summed E-state index contributed by atoms with van der Waals surface area (Å²) in [6, 6.07) is 5.52. The van der Waals surface area contributed by atoms with Crippen molar-refractivity contribution in [3.63, 3.8) is 0 Å². The van der Waals surface area contributed by atoms with Crippen LogP contribution in [0.25, 0.3) is 0 Å². The molecule has 0 aromatic carbocycles. The van der Waals surface area contributed by atoms with Crippen LogP contribution < -0.4 is 0 Å². The zero-order chi connectivity index (χ0) is 8.27. The zero-order valence-corrected chi connectivity index (χ0v) is 6.79. The van der Waals surface area contributed by atoms with Crippen molar-refractivity contribution in [3.05, 3.63) is 29.6 Å². The third-order valence-electron chi connectivity index (χ3n) is 1.53. The number of carbonyl (C=O) groups is 1. The van der Waals surface area contributed by atoms with Crippen LogP contribution in [0.3, 0.4) is 0 Å². The fourth-order valence-corrected chi connectivity index (χ4v) is 0.873.